The van der Waals surface area contributed by atoms with Gasteiger partial charge in [0, 0.05) is 43.8 Å². The molecule has 0 N–H and O–H groups in total. The molecule has 7 heteroatoms. The second-order valence-corrected chi connectivity index (χ2v) is 6.91. The summed E-state index contributed by atoms with van der Waals surface area (Å²) in [6.07, 6.45) is 9.06. The van der Waals surface area contributed by atoms with E-state index in [0.717, 1.165) is 30.9 Å². The first-order valence-corrected chi connectivity index (χ1v) is 9.05. The lowest BCUT2D eigenvalue weighted by Gasteiger charge is -2.33. The maximum absolute atomic E-state index is 14.3. The van der Waals surface area contributed by atoms with E-state index in [1.165, 1.54) is 12.3 Å². The van der Waals surface area contributed by atoms with Crippen molar-refractivity contribution in [2.24, 2.45) is 0 Å². The lowest BCUT2D eigenvalue weighted by Crippen LogP contribution is -2.36. The van der Waals surface area contributed by atoms with E-state index in [9.17, 15) is 4.39 Å². The van der Waals surface area contributed by atoms with E-state index >= 15 is 0 Å². The summed E-state index contributed by atoms with van der Waals surface area (Å²) in [6.45, 7) is 2.15. The molecule has 1 fully saturated rings. The topological polar surface area (TPSA) is 46.8 Å². The number of pyridine rings is 2. The number of piperidine rings is 1. The Morgan fingerprint density at radius 1 is 1.19 bits per heavy atom. The van der Waals surface area contributed by atoms with Crippen LogP contribution in [-0.2, 0) is 6.54 Å². The van der Waals surface area contributed by atoms with Crippen LogP contribution in [0, 0.1) is 5.82 Å². The second-order valence-electron chi connectivity index (χ2n) is 6.48. The second kappa shape index (κ2) is 7.41. The van der Waals surface area contributed by atoms with Crippen molar-refractivity contribution in [3.05, 3.63) is 71.4 Å². The molecule has 26 heavy (non-hydrogen) atoms. The minimum Gasteiger partial charge on any atom is -0.353 e. The van der Waals surface area contributed by atoms with Crippen LogP contribution in [0.15, 0.2) is 49.1 Å². The molecule has 3 aromatic rings. The van der Waals surface area contributed by atoms with Gasteiger partial charge in [-0.3, -0.25) is 4.98 Å². The smallest absolute Gasteiger partial charge is 0.167 e. The molecule has 0 saturated carbocycles. The molecule has 0 aromatic carbocycles. The number of nitrogens with zero attached hydrogens (tertiary/aromatic N) is 5. The van der Waals surface area contributed by atoms with Crippen molar-refractivity contribution in [1.29, 1.82) is 0 Å². The minimum absolute atomic E-state index is 0.222. The third kappa shape index (κ3) is 3.55. The fourth-order valence-electron chi connectivity index (χ4n) is 3.50. The summed E-state index contributed by atoms with van der Waals surface area (Å²) in [6, 6.07) is 7.21. The van der Waals surface area contributed by atoms with Gasteiger partial charge in [0.15, 0.2) is 11.6 Å². The zero-order valence-corrected chi connectivity index (χ0v) is 15.0. The average molecular weight is 372 g/mol. The molecule has 0 aliphatic carbocycles. The maximum atomic E-state index is 14.3. The zero-order valence-electron chi connectivity index (χ0n) is 14.2. The summed E-state index contributed by atoms with van der Waals surface area (Å²) < 4.78 is 16.4. The number of hydrogen-bond donors (Lipinski definition) is 0. The highest BCUT2D eigenvalue weighted by Crippen LogP contribution is 2.30. The van der Waals surface area contributed by atoms with E-state index in [1.807, 2.05) is 35.5 Å². The first-order chi connectivity index (χ1) is 12.7. The van der Waals surface area contributed by atoms with Crippen LogP contribution in [0.5, 0.6) is 0 Å². The van der Waals surface area contributed by atoms with Gasteiger partial charge < -0.3 is 9.47 Å². The number of aromatic nitrogens is 4. The molecule has 0 unspecified atom stereocenters. The highest BCUT2D eigenvalue weighted by molar-refractivity contribution is 6.30. The Balaban J connectivity index is 1.54. The largest absolute Gasteiger partial charge is 0.353 e. The number of anilines is 1. The average Bonchev–Trinajstić information content (AvgIpc) is 3.11. The predicted octanol–water partition coefficient (Wildman–Crippen LogP) is 3.90. The normalized spacial score (nSPS) is 17.5. The Labute approximate surface area is 156 Å². The molecule has 0 amide bonds. The lowest BCUT2D eigenvalue weighted by molar-refractivity contribution is 0.467. The van der Waals surface area contributed by atoms with E-state index in [2.05, 4.69) is 19.5 Å². The van der Waals surface area contributed by atoms with Crippen molar-refractivity contribution >= 4 is 17.4 Å². The van der Waals surface area contributed by atoms with Gasteiger partial charge in [-0.25, -0.2) is 14.4 Å². The molecule has 3 aromatic heterocycles. The van der Waals surface area contributed by atoms with Gasteiger partial charge in [-0.15, -0.1) is 0 Å². The molecule has 0 bridgehead atoms. The van der Waals surface area contributed by atoms with Gasteiger partial charge in [-0.05, 0) is 31.0 Å². The lowest BCUT2D eigenvalue weighted by atomic mass is 9.97. The fraction of sp³-hybridized carbons (Fsp3) is 0.316. The molecule has 1 atom stereocenters. The molecule has 1 aliphatic rings. The Morgan fingerprint density at radius 3 is 2.92 bits per heavy atom. The van der Waals surface area contributed by atoms with Crippen molar-refractivity contribution in [2.75, 3.05) is 18.0 Å². The van der Waals surface area contributed by atoms with E-state index in [1.54, 1.807) is 6.20 Å². The molecule has 4 heterocycles. The van der Waals surface area contributed by atoms with E-state index in [-0.39, 0.29) is 11.7 Å². The van der Waals surface area contributed by atoms with Crippen LogP contribution in [0.4, 0.5) is 10.2 Å². The summed E-state index contributed by atoms with van der Waals surface area (Å²) in [7, 11) is 0. The molecule has 5 nitrogen and oxygen atoms in total. The van der Waals surface area contributed by atoms with Gasteiger partial charge in [-0.2, -0.15) is 0 Å². The van der Waals surface area contributed by atoms with Crippen molar-refractivity contribution in [3.63, 3.8) is 0 Å². The quantitative estimate of drug-likeness (QED) is 0.697. The van der Waals surface area contributed by atoms with Crippen molar-refractivity contribution in [1.82, 2.24) is 19.5 Å². The highest BCUT2D eigenvalue weighted by Gasteiger charge is 2.27. The molecule has 134 valence electrons. The van der Waals surface area contributed by atoms with Crippen LogP contribution in [0.25, 0.3) is 0 Å². The molecule has 4 rings (SSSR count). The highest BCUT2D eigenvalue weighted by atomic mass is 35.5. The van der Waals surface area contributed by atoms with Gasteiger partial charge >= 0.3 is 0 Å². The first-order valence-electron chi connectivity index (χ1n) is 8.67. The van der Waals surface area contributed by atoms with Gasteiger partial charge in [0.05, 0.1) is 17.3 Å². The third-order valence-electron chi connectivity index (χ3n) is 4.68. The van der Waals surface area contributed by atoms with Crippen LogP contribution >= 0.6 is 11.6 Å². The summed E-state index contributed by atoms with van der Waals surface area (Å²) >= 11 is 5.82. The number of hydrogen-bond acceptors (Lipinski definition) is 4. The summed E-state index contributed by atoms with van der Waals surface area (Å²) in [4.78, 5) is 15.1. The van der Waals surface area contributed by atoms with Crippen LogP contribution in [-0.4, -0.2) is 32.6 Å². The Bertz CT molecular complexity index is 883. The van der Waals surface area contributed by atoms with Crippen molar-refractivity contribution in [3.8, 4) is 0 Å². The number of halogens is 2. The molecular weight excluding hydrogens is 353 g/mol. The standard InChI is InChI=1S/C19H19ClFN5/c20-15-10-17(21)19(24-11-15)25-8-3-4-14(12-25)18-23-7-9-26(18)13-16-5-1-2-6-22-16/h1-2,5-7,9-11,14H,3-4,8,12-13H2/t14-/m1/s1. The molecule has 0 spiro atoms. The van der Waals surface area contributed by atoms with Crippen molar-refractivity contribution < 1.29 is 4.39 Å². The van der Waals surface area contributed by atoms with Crippen LogP contribution in [0.1, 0.15) is 30.3 Å². The Hall–Kier alpha value is -2.47. The zero-order chi connectivity index (χ0) is 17.9. The summed E-state index contributed by atoms with van der Waals surface area (Å²) in [5.74, 6) is 1.21. The van der Waals surface area contributed by atoms with Gasteiger partial charge in [0.2, 0.25) is 0 Å². The van der Waals surface area contributed by atoms with E-state index < -0.39 is 0 Å². The summed E-state index contributed by atoms with van der Waals surface area (Å²) in [5, 5.41) is 0.311. The molecule has 0 radical (unpaired) electrons. The van der Waals surface area contributed by atoms with Crippen LogP contribution in [0.2, 0.25) is 5.02 Å². The van der Waals surface area contributed by atoms with Gasteiger partial charge in [-0.1, -0.05) is 17.7 Å². The molecule has 1 aliphatic heterocycles. The third-order valence-corrected chi connectivity index (χ3v) is 4.89. The monoisotopic (exact) mass is 371 g/mol. The Kier molecular flexibility index (Phi) is 4.84. The minimum atomic E-state index is -0.380. The fourth-order valence-corrected chi connectivity index (χ4v) is 3.65. The summed E-state index contributed by atoms with van der Waals surface area (Å²) in [5.41, 5.74) is 0.991. The number of imidazole rings is 1. The maximum Gasteiger partial charge on any atom is 0.167 e. The van der Waals surface area contributed by atoms with E-state index in [4.69, 9.17) is 11.6 Å². The first kappa shape index (κ1) is 17.0. The van der Waals surface area contributed by atoms with E-state index in [0.29, 0.717) is 23.9 Å². The van der Waals surface area contributed by atoms with Crippen LogP contribution in [0.3, 0.4) is 0 Å². The van der Waals surface area contributed by atoms with Crippen LogP contribution < -0.4 is 4.90 Å². The van der Waals surface area contributed by atoms with Gasteiger partial charge in [0.1, 0.15) is 5.82 Å². The number of rotatable bonds is 4. The van der Waals surface area contributed by atoms with Crippen molar-refractivity contribution in [2.45, 2.75) is 25.3 Å². The predicted molar refractivity (Wildman–Crippen MR) is 99.0 cm³/mol. The van der Waals surface area contributed by atoms with Gasteiger partial charge in [0.25, 0.3) is 0 Å². The SMILES string of the molecule is Fc1cc(Cl)cnc1N1CCC[C@@H](c2nccn2Cc2ccccn2)C1. The molecular formula is C19H19ClFN5. The Morgan fingerprint density at radius 2 is 2.12 bits per heavy atom. The molecule has 1 saturated heterocycles.